The lowest BCUT2D eigenvalue weighted by Gasteiger charge is -2.10. The van der Waals surface area contributed by atoms with Gasteiger partial charge in [0, 0.05) is 18.7 Å². The van der Waals surface area contributed by atoms with Crippen LogP contribution in [0.5, 0.6) is 11.5 Å². The van der Waals surface area contributed by atoms with E-state index in [-0.39, 0.29) is 0 Å². The van der Waals surface area contributed by atoms with Gasteiger partial charge in [-0.3, -0.25) is 0 Å². The highest BCUT2D eigenvalue weighted by molar-refractivity contribution is 5.33. The lowest BCUT2D eigenvalue weighted by Crippen LogP contribution is -2.13. The summed E-state index contributed by atoms with van der Waals surface area (Å²) in [7, 11) is 1.70. The van der Waals surface area contributed by atoms with E-state index in [2.05, 4.69) is 30.1 Å². The quantitative estimate of drug-likeness (QED) is 0.752. The predicted octanol–water partition coefficient (Wildman–Crippen LogP) is 3.55. The molecule has 0 atom stereocenters. The van der Waals surface area contributed by atoms with Gasteiger partial charge in [-0.25, -0.2) is 0 Å². The number of para-hydroxylation sites is 1. The summed E-state index contributed by atoms with van der Waals surface area (Å²) >= 11 is 0. The molecule has 0 heterocycles. The summed E-state index contributed by atoms with van der Waals surface area (Å²) in [6.07, 6.45) is 1.74. The summed E-state index contributed by atoms with van der Waals surface area (Å²) in [4.78, 5) is 0. The molecule has 2 aromatic rings. The maximum atomic E-state index is 5.46. The van der Waals surface area contributed by atoms with Gasteiger partial charge >= 0.3 is 0 Å². The molecule has 0 aromatic heterocycles. The van der Waals surface area contributed by atoms with E-state index in [1.165, 1.54) is 5.56 Å². The van der Waals surface area contributed by atoms with Crippen molar-refractivity contribution in [2.24, 2.45) is 0 Å². The second kappa shape index (κ2) is 8.12. The van der Waals surface area contributed by atoms with Crippen LogP contribution in [0.15, 0.2) is 61.2 Å². The Balaban J connectivity index is 1.84. The zero-order valence-electron chi connectivity index (χ0n) is 12.3. The van der Waals surface area contributed by atoms with Crippen molar-refractivity contribution in [3.8, 4) is 11.5 Å². The van der Waals surface area contributed by atoms with E-state index in [1.54, 1.807) is 13.2 Å². The summed E-state index contributed by atoms with van der Waals surface area (Å²) in [6.45, 7) is 5.75. The van der Waals surface area contributed by atoms with Gasteiger partial charge in [-0.15, -0.1) is 0 Å². The van der Waals surface area contributed by atoms with Gasteiger partial charge in [-0.2, -0.15) is 0 Å². The average Bonchev–Trinajstić information content (AvgIpc) is 2.54. The smallest absolute Gasteiger partial charge is 0.123 e. The van der Waals surface area contributed by atoms with E-state index in [9.17, 15) is 0 Å². The third-order valence-electron chi connectivity index (χ3n) is 3.13. The second-order valence-corrected chi connectivity index (χ2v) is 4.66. The average molecular weight is 283 g/mol. The van der Waals surface area contributed by atoms with E-state index in [1.807, 2.05) is 30.3 Å². The highest BCUT2D eigenvalue weighted by Crippen LogP contribution is 2.17. The molecule has 0 saturated carbocycles. The van der Waals surface area contributed by atoms with Gasteiger partial charge in [0.25, 0.3) is 0 Å². The summed E-state index contributed by atoms with van der Waals surface area (Å²) in [5, 5.41) is 3.42. The normalized spacial score (nSPS) is 10.1. The van der Waals surface area contributed by atoms with Crippen LogP contribution in [0.3, 0.4) is 0 Å². The number of methoxy groups -OCH3 is 1. The van der Waals surface area contributed by atoms with Gasteiger partial charge in [-0.1, -0.05) is 43.0 Å². The van der Waals surface area contributed by atoms with E-state index in [4.69, 9.17) is 9.47 Å². The van der Waals surface area contributed by atoms with Gasteiger partial charge < -0.3 is 14.8 Å². The Morgan fingerprint density at radius 1 is 1.05 bits per heavy atom. The van der Waals surface area contributed by atoms with Crippen molar-refractivity contribution >= 4 is 0 Å². The zero-order valence-corrected chi connectivity index (χ0v) is 12.3. The molecule has 0 saturated heterocycles. The monoisotopic (exact) mass is 283 g/mol. The Morgan fingerprint density at radius 3 is 2.52 bits per heavy atom. The van der Waals surface area contributed by atoms with E-state index < -0.39 is 0 Å². The summed E-state index contributed by atoms with van der Waals surface area (Å²) in [5.74, 6) is 1.78. The molecular weight excluding hydrogens is 262 g/mol. The Labute approximate surface area is 126 Å². The fourth-order valence-electron chi connectivity index (χ4n) is 2.05. The molecule has 0 bridgehead atoms. The van der Waals surface area contributed by atoms with Crippen molar-refractivity contribution in [2.45, 2.75) is 13.1 Å². The summed E-state index contributed by atoms with van der Waals surface area (Å²) in [6, 6.07) is 16.1. The molecule has 0 fully saturated rings. The number of rotatable bonds is 8. The van der Waals surface area contributed by atoms with Crippen LogP contribution in [0.2, 0.25) is 0 Å². The Hall–Kier alpha value is -2.26. The molecule has 0 unspecified atom stereocenters. The van der Waals surface area contributed by atoms with E-state index in [0.717, 1.165) is 30.2 Å². The summed E-state index contributed by atoms with van der Waals surface area (Å²) < 4.78 is 10.8. The molecule has 0 aliphatic carbocycles. The molecular formula is C18H21NO2. The standard InChI is InChI=1S/C18H21NO2/c1-3-12-21-17-10-8-15(9-11-17)13-19-14-16-6-4-5-7-18(16)20-2/h3-11,19H,1,12-14H2,2H3. The molecule has 0 amide bonds. The van der Waals surface area contributed by atoms with E-state index in [0.29, 0.717) is 6.61 Å². The lowest BCUT2D eigenvalue weighted by atomic mass is 10.2. The molecule has 3 nitrogen and oxygen atoms in total. The Kier molecular flexibility index (Phi) is 5.85. The van der Waals surface area contributed by atoms with Gasteiger partial charge in [-0.05, 0) is 23.8 Å². The van der Waals surface area contributed by atoms with Crippen LogP contribution in [0.4, 0.5) is 0 Å². The minimum atomic E-state index is 0.533. The molecule has 1 N–H and O–H groups in total. The maximum absolute atomic E-state index is 5.46. The molecule has 0 aliphatic rings. The van der Waals surface area contributed by atoms with Gasteiger partial charge in [0.2, 0.25) is 0 Å². The Bertz CT molecular complexity index is 564. The Morgan fingerprint density at radius 2 is 1.81 bits per heavy atom. The minimum Gasteiger partial charge on any atom is -0.496 e. The van der Waals surface area contributed by atoms with Crippen LogP contribution in [-0.2, 0) is 13.1 Å². The summed E-state index contributed by atoms with van der Waals surface area (Å²) in [5.41, 5.74) is 2.38. The molecule has 110 valence electrons. The first kappa shape index (κ1) is 15.1. The number of nitrogens with one attached hydrogen (secondary N) is 1. The third kappa shape index (κ3) is 4.65. The molecule has 0 aliphatic heterocycles. The van der Waals surface area contributed by atoms with Gasteiger partial charge in [0.05, 0.1) is 7.11 Å². The van der Waals surface area contributed by atoms with Crippen molar-refractivity contribution in [2.75, 3.05) is 13.7 Å². The largest absolute Gasteiger partial charge is 0.496 e. The number of hydrogen-bond acceptors (Lipinski definition) is 3. The van der Waals surface area contributed by atoms with Gasteiger partial charge in [0.15, 0.2) is 0 Å². The van der Waals surface area contributed by atoms with Crippen LogP contribution in [-0.4, -0.2) is 13.7 Å². The number of ether oxygens (including phenoxy) is 2. The first-order valence-corrected chi connectivity index (χ1v) is 6.98. The van der Waals surface area contributed by atoms with Gasteiger partial charge in [0.1, 0.15) is 18.1 Å². The van der Waals surface area contributed by atoms with Crippen LogP contribution < -0.4 is 14.8 Å². The molecule has 3 heteroatoms. The lowest BCUT2D eigenvalue weighted by molar-refractivity contribution is 0.363. The molecule has 2 rings (SSSR count). The second-order valence-electron chi connectivity index (χ2n) is 4.66. The van der Waals surface area contributed by atoms with Crippen LogP contribution in [0.1, 0.15) is 11.1 Å². The minimum absolute atomic E-state index is 0.533. The fraction of sp³-hybridized carbons (Fsp3) is 0.222. The van der Waals surface area contributed by atoms with Crippen molar-refractivity contribution in [3.05, 3.63) is 72.3 Å². The zero-order chi connectivity index (χ0) is 14.9. The molecule has 0 spiro atoms. The first-order valence-electron chi connectivity index (χ1n) is 6.98. The number of benzene rings is 2. The van der Waals surface area contributed by atoms with Crippen LogP contribution in [0.25, 0.3) is 0 Å². The fourth-order valence-corrected chi connectivity index (χ4v) is 2.05. The van der Waals surface area contributed by atoms with Crippen molar-refractivity contribution in [1.29, 1.82) is 0 Å². The molecule has 21 heavy (non-hydrogen) atoms. The van der Waals surface area contributed by atoms with Crippen LogP contribution >= 0.6 is 0 Å². The molecule has 2 aromatic carbocycles. The number of hydrogen-bond donors (Lipinski definition) is 1. The topological polar surface area (TPSA) is 30.5 Å². The first-order chi connectivity index (χ1) is 10.3. The van der Waals surface area contributed by atoms with Crippen LogP contribution in [0, 0.1) is 0 Å². The van der Waals surface area contributed by atoms with Crippen molar-refractivity contribution < 1.29 is 9.47 Å². The van der Waals surface area contributed by atoms with E-state index >= 15 is 0 Å². The maximum Gasteiger partial charge on any atom is 0.123 e. The highest BCUT2D eigenvalue weighted by atomic mass is 16.5. The highest BCUT2D eigenvalue weighted by Gasteiger charge is 2.01. The SMILES string of the molecule is C=CCOc1ccc(CNCc2ccccc2OC)cc1. The van der Waals surface area contributed by atoms with Crippen molar-refractivity contribution in [1.82, 2.24) is 5.32 Å². The predicted molar refractivity (Wildman–Crippen MR) is 85.7 cm³/mol. The molecule has 0 radical (unpaired) electrons. The third-order valence-corrected chi connectivity index (χ3v) is 3.13. The van der Waals surface area contributed by atoms with Crippen molar-refractivity contribution in [3.63, 3.8) is 0 Å².